The van der Waals surface area contributed by atoms with Gasteiger partial charge >= 0.3 is 8.25 Å². The Balaban J connectivity index is 3.47. The fraction of sp³-hybridized carbons (Fsp3) is 0.591. The standard InChI is InChI=1S/C22H33O5P/c1-9-22(10-2,27-28(25)26)18(23)12-11-15-13-16(20(3,4)5)14-17(19(15)24)21(6,7)8/h11-14H,9-10H2,1-8H3,(H-,23,24,25,26)/p+1. The number of hydrogen-bond donors (Lipinski definition) is 2. The lowest BCUT2D eigenvalue weighted by atomic mass is 9.79. The maximum Gasteiger partial charge on any atom is 0.695 e. The molecule has 1 aromatic rings. The molecule has 0 aliphatic carbocycles. The van der Waals surface area contributed by atoms with Crippen LogP contribution in [0.3, 0.4) is 0 Å². The van der Waals surface area contributed by atoms with Gasteiger partial charge in [-0.1, -0.05) is 61.5 Å². The van der Waals surface area contributed by atoms with Crippen molar-refractivity contribution in [2.24, 2.45) is 0 Å². The minimum Gasteiger partial charge on any atom is -0.507 e. The van der Waals surface area contributed by atoms with E-state index in [1.165, 1.54) is 6.08 Å². The van der Waals surface area contributed by atoms with Gasteiger partial charge in [-0.25, -0.2) is 0 Å². The molecule has 1 rings (SSSR count). The number of phenolic OH excluding ortho intramolecular Hbond substituents is 1. The third kappa shape index (κ3) is 5.73. The highest BCUT2D eigenvalue weighted by molar-refractivity contribution is 7.32. The zero-order valence-corrected chi connectivity index (χ0v) is 19.2. The quantitative estimate of drug-likeness (QED) is 0.439. The van der Waals surface area contributed by atoms with E-state index in [9.17, 15) is 14.5 Å². The molecule has 1 atom stereocenters. The van der Waals surface area contributed by atoms with Gasteiger partial charge in [-0.2, -0.15) is 0 Å². The number of benzene rings is 1. The Labute approximate surface area is 169 Å². The van der Waals surface area contributed by atoms with Crippen molar-refractivity contribution in [3.05, 3.63) is 34.9 Å². The monoisotopic (exact) mass is 409 g/mol. The van der Waals surface area contributed by atoms with E-state index in [0.717, 1.165) is 11.1 Å². The minimum atomic E-state index is -2.90. The average Bonchev–Trinajstić information content (AvgIpc) is 2.56. The van der Waals surface area contributed by atoms with Gasteiger partial charge in [-0.3, -0.25) is 4.79 Å². The second-order valence-corrected chi connectivity index (χ2v) is 9.85. The van der Waals surface area contributed by atoms with Gasteiger partial charge in [0.2, 0.25) is 0 Å². The second kappa shape index (κ2) is 8.86. The number of phenols is 1. The molecule has 0 aliphatic rings. The van der Waals surface area contributed by atoms with Crippen LogP contribution in [-0.2, 0) is 24.7 Å². The van der Waals surface area contributed by atoms with Crippen LogP contribution < -0.4 is 0 Å². The molecule has 1 unspecified atom stereocenters. The number of rotatable bonds is 7. The lowest BCUT2D eigenvalue weighted by Gasteiger charge is -2.27. The topological polar surface area (TPSA) is 83.8 Å². The third-order valence-corrected chi connectivity index (χ3v) is 5.58. The van der Waals surface area contributed by atoms with Crippen molar-refractivity contribution in [2.75, 3.05) is 0 Å². The van der Waals surface area contributed by atoms with Crippen molar-refractivity contribution >= 4 is 20.1 Å². The van der Waals surface area contributed by atoms with Crippen molar-refractivity contribution < 1.29 is 23.9 Å². The lowest BCUT2D eigenvalue weighted by molar-refractivity contribution is -0.130. The van der Waals surface area contributed by atoms with Crippen molar-refractivity contribution in [1.82, 2.24) is 0 Å². The molecular formula is C22H34O5P+. The highest BCUT2D eigenvalue weighted by Gasteiger charge is 2.43. The molecule has 0 saturated heterocycles. The summed E-state index contributed by atoms with van der Waals surface area (Å²) < 4.78 is 16.3. The Bertz CT molecular complexity index is 762. The molecule has 0 saturated carbocycles. The molecule has 5 nitrogen and oxygen atoms in total. The maximum absolute atomic E-state index is 12.8. The Morgan fingerprint density at radius 1 is 1.07 bits per heavy atom. The lowest BCUT2D eigenvalue weighted by Crippen LogP contribution is -2.37. The van der Waals surface area contributed by atoms with E-state index in [2.05, 4.69) is 20.8 Å². The van der Waals surface area contributed by atoms with E-state index in [0.29, 0.717) is 5.56 Å². The molecule has 0 amide bonds. The van der Waals surface area contributed by atoms with E-state index in [-0.39, 0.29) is 29.4 Å². The maximum atomic E-state index is 12.8. The van der Waals surface area contributed by atoms with Crippen LogP contribution in [0.25, 0.3) is 6.08 Å². The first-order valence-electron chi connectivity index (χ1n) is 9.63. The molecule has 6 heteroatoms. The summed E-state index contributed by atoms with van der Waals surface area (Å²) in [7, 11) is -2.90. The van der Waals surface area contributed by atoms with Crippen LogP contribution in [0.2, 0.25) is 0 Å². The molecule has 2 N–H and O–H groups in total. The van der Waals surface area contributed by atoms with Crippen LogP contribution in [0.5, 0.6) is 5.75 Å². The van der Waals surface area contributed by atoms with E-state index in [1.54, 1.807) is 19.9 Å². The number of hydrogen-bond acceptors (Lipinski definition) is 4. The minimum absolute atomic E-state index is 0.130. The molecule has 0 bridgehead atoms. The molecule has 0 heterocycles. The summed E-state index contributed by atoms with van der Waals surface area (Å²) in [6.07, 6.45) is 3.45. The van der Waals surface area contributed by atoms with Crippen LogP contribution in [0.15, 0.2) is 18.2 Å². The molecule has 1 aromatic carbocycles. The summed E-state index contributed by atoms with van der Waals surface area (Å²) in [5.74, 6) is -0.259. The summed E-state index contributed by atoms with van der Waals surface area (Å²) in [6.45, 7) is 15.8. The largest absolute Gasteiger partial charge is 0.695 e. The van der Waals surface area contributed by atoms with Gasteiger partial charge < -0.3 is 5.11 Å². The van der Waals surface area contributed by atoms with Gasteiger partial charge in [0.25, 0.3) is 0 Å². The first-order chi connectivity index (χ1) is 12.7. The molecular weight excluding hydrogens is 375 g/mol. The van der Waals surface area contributed by atoms with E-state index < -0.39 is 19.6 Å². The number of carbonyl (C=O) groups is 1. The van der Waals surface area contributed by atoms with E-state index in [1.807, 2.05) is 32.9 Å². The van der Waals surface area contributed by atoms with Gasteiger partial charge in [-0.15, -0.1) is 9.42 Å². The number of ketones is 1. The Morgan fingerprint density at radius 3 is 2.00 bits per heavy atom. The normalized spacial score (nSPS) is 13.8. The highest BCUT2D eigenvalue weighted by atomic mass is 31.1. The SMILES string of the molecule is CCC(CC)(O[P+](=O)O)C(=O)/C=C/c1cc(C(C)(C)C)cc(C(C)(C)C)c1O. The molecule has 156 valence electrons. The fourth-order valence-electron chi connectivity index (χ4n) is 3.03. The van der Waals surface area contributed by atoms with Crippen LogP contribution in [-0.4, -0.2) is 21.4 Å². The van der Waals surface area contributed by atoms with Crippen LogP contribution in [0, 0.1) is 0 Å². The van der Waals surface area contributed by atoms with Crippen LogP contribution in [0.1, 0.15) is 84.9 Å². The zero-order valence-electron chi connectivity index (χ0n) is 18.3. The molecule has 0 radical (unpaired) electrons. The number of aromatic hydroxyl groups is 1. The summed E-state index contributed by atoms with van der Waals surface area (Å²) >= 11 is 0. The first-order valence-corrected chi connectivity index (χ1v) is 10.8. The predicted octanol–water partition coefficient (Wildman–Crippen LogP) is 5.79. The summed E-state index contributed by atoms with van der Waals surface area (Å²) in [5.41, 5.74) is 0.652. The predicted molar refractivity (Wildman–Crippen MR) is 114 cm³/mol. The second-order valence-electron chi connectivity index (χ2n) is 9.19. The van der Waals surface area contributed by atoms with Gasteiger partial charge in [0.1, 0.15) is 5.75 Å². The van der Waals surface area contributed by atoms with E-state index in [4.69, 9.17) is 9.42 Å². The van der Waals surface area contributed by atoms with Crippen molar-refractivity contribution in [3.8, 4) is 5.75 Å². The van der Waals surface area contributed by atoms with Crippen molar-refractivity contribution in [3.63, 3.8) is 0 Å². The van der Waals surface area contributed by atoms with Crippen molar-refractivity contribution in [2.45, 2.75) is 84.7 Å². The highest BCUT2D eigenvalue weighted by Crippen LogP contribution is 2.39. The molecule has 0 spiro atoms. The summed E-state index contributed by atoms with van der Waals surface area (Å²) in [6, 6.07) is 3.89. The van der Waals surface area contributed by atoms with Gasteiger partial charge in [0, 0.05) is 15.7 Å². The van der Waals surface area contributed by atoms with Gasteiger partial charge in [0.15, 0.2) is 11.4 Å². The number of carbonyl (C=O) groups excluding carboxylic acids is 1. The van der Waals surface area contributed by atoms with Crippen LogP contribution in [0.4, 0.5) is 0 Å². The Kier molecular flexibility index (Phi) is 7.74. The van der Waals surface area contributed by atoms with Crippen LogP contribution >= 0.6 is 8.25 Å². The zero-order chi connectivity index (χ0) is 21.9. The van der Waals surface area contributed by atoms with Gasteiger partial charge in [0.05, 0.1) is 0 Å². The smallest absolute Gasteiger partial charge is 0.507 e. The van der Waals surface area contributed by atoms with Crippen molar-refractivity contribution in [1.29, 1.82) is 0 Å². The molecule has 28 heavy (non-hydrogen) atoms. The average molecular weight is 409 g/mol. The third-order valence-electron chi connectivity index (χ3n) is 5.07. The fourth-order valence-corrected chi connectivity index (χ4v) is 3.68. The Morgan fingerprint density at radius 2 is 1.61 bits per heavy atom. The summed E-state index contributed by atoms with van der Waals surface area (Å²) in [5, 5.41) is 10.8. The molecule has 0 aliphatic heterocycles. The van der Waals surface area contributed by atoms with Gasteiger partial charge in [-0.05, 0) is 47.5 Å². The molecule has 0 fully saturated rings. The molecule has 0 aromatic heterocycles. The Hall–Kier alpha value is -1.55. The summed E-state index contributed by atoms with van der Waals surface area (Å²) in [4.78, 5) is 21.9. The van der Waals surface area contributed by atoms with E-state index >= 15 is 0 Å². The first kappa shape index (κ1) is 24.5.